The lowest BCUT2D eigenvalue weighted by Gasteiger charge is -2.09. The highest BCUT2D eigenvalue weighted by Gasteiger charge is 2.19. The van der Waals surface area contributed by atoms with Crippen LogP contribution in [0.4, 0.5) is 0 Å². The zero-order chi connectivity index (χ0) is 33.9. The Hall–Kier alpha value is -7.04. The average molecular weight is 666 g/mol. The summed E-state index contributed by atoms with van der Waals surface area (Å²) in [5, 5.41) is 9.04. The Kier molecular flexibility index (Phi) is 5.47. The van der Waals surface area contributed by atoms with Crippen molar-refractivity contribution >= 4 is 87.6 Å². The van der Waals surface area contributed by atoms with Gasteiger partial charge in [-0.3, -0.25) is 0 Å². The van der Waals surface area contributed by atoms with Crippen LogP contribution in [0.15, 0.2) is 177 Å². The first-order valence-electron chi connectivity index (χ1n) is 17.6. The molecule has 0 aliphatic carbocycles. The smallest absolute Gasteiger partial charge is 0.143 e. The molecule has 12 rings (SSSR count). The standard InChI is InChI=1S/C48H27NO3/c1-5-17-44-33(9-1)36-14-7-12-31(47(36)51-44)28-19-22-41-38(25-28)39-26-29(32-13-8-15-37-34-10-2-6-18-45(34)52-48(32)37)20-23-42(39)49(41)30-21-24-46-40(27-30)35-11-3-4-16-43(35)50-46/h1-27H. The van der Waals surface area contributed by atoms with E-state index in [4.69, 9.17) is 13.3 Å². The summed E-state index contributed by atoms with van der Waals surface area (Å²) >= 11 is 0. The first kappa shape index (κ1) is 27.7. The third kappa shape index (κ3) is 3.81. The highest BCUT2D eigenvalue weighted by atomic mass is 16.3. The van der Waals surface area contributed by atoms with Gasteiger partial charge in [-0.1, -0.05) is 103 Å². The van der Waals surface area contributed by atoms with Crippen molar-refractivity contribution in [1.82, 2.24) is 4.57 Å². The van der Waals surface area contributed by atoms with E-state index in [0.29, 0.717) is 0 Å². The monoisotopic (exact) mass is 665 g/mol. The summed E-state index contributed by atoms with van der Waals surface area (Å²) in [4.78, 5) is 0. The third-order valence-electron chi connectivity index (χ3n) is 10.8. The Morgan fingerprint density at radius 2 is 0.769 bits per heavy atom. The van der Waals surface area contributed by atoms with E-state index >= 15 is 0 Å². The number of nitrogens with zero attached hydrogens (tertiary/aromatic N) is 1. The lowest BCUT2D eigenvalue weighted by molar-refractivity contribution is 0.668. The number of aromatic nitrogens is 1. The van der Waals surface area contributed by atoms with Crippen LogP contribution in [0.25, 0.3) is 116 Å². The van der Waals surface area contributed by atoms with Crippen molar-refractivity contribution in [2.24, 2.45) is 0 Å². The van der Waals surface area contributed by atoms with E-state index in [0.717, 1.165) is 116 Å². The summed E-state index contributed by atoms with van der Waals surface area (Å²) in [6, 6.07) is 57.8. The van der Waals surface area contributed by atoms with Crippen LogP contribution >= 0.6 is 0 Å². The molecule has 4 heterocycles. The van der Waals surface area contributed by atoms with Gasteiger partial charge in [0.25, 0.3) is 0 Å². The van der Waals surface area contributed by atoms with Crippen molar-refractivity contribution in [1.29, 1.82) is 0 Å². The Morgan fingerprint density at radius 1 is 0.308 bits per heavy atom. The fraction of sp³-hybridized carbons (Fsp3) is 0. The van der Waals surface area contributed by atoms with Gasteiger partial charge in [-0.2, -0.15) is 0 Å². The van der Waals surface area contributed by atoms with Gasteiger partial charge in [-0.25, -0.2) is 0 Å². The Morgan fingerprint density at radius 3 is 1.33 bits per heavy atom. The van der Waals surface area contributed by atoms with Gasteiger partial charge in [0.2, 0.25) is 0 Å². The summed E-state index contributed by atoms with van der Waals surface area (Å²) in [6.45, 7) is 0. The maximum Gasteiger partial charge on any atom is 0.143 e. The van der Waals surface area contributed by atoms with Crippen LogP contribution in [0.3, 0.4) is 0 Å². The van der Waals surface area contributed by atoms with E-state index in [-0.39, 0.29) is 0 Å². The molecule has 4 heteroatoms. The molecule has 0 radical (unpaired) electrons. The van der Waals surface area contributed by atoms with Gasteiger partial charge in [0.05, 0.1) is 11.0 Å². The van der Waals surface area contributed by atoms with Crippen LogP contribution in [0.1, 0.15) is 0 Å². The summed E-state index contributed by atoms with van der Waals surface area (Å²) in [5.41, 5.74) is 13.1. The molecule has 0 aliphatic heterocycles. The molecule has 0 saturated heterocycles. The van der Waals surface area contributed by atoms with Crippen molar-refractivity contribution in [2.75, 3.05) is 0 Å². The van der Waals surface area contributed by atoms with Crippen molar-refractivity contribution in [3.05, 3.63) is 164 Å². The second kappa shape index (κ2) is 10.3. The van der Waals surface area contributed by atoms with Crippen LogP contribution in [0, 0.1) is 0 Å². The van der Waals surface area contributed by atoms with Crippen LogP contribution < -0.4 is 0 Å². The van der Waals surface area contributed by atoms with Crippen LogP contribution in [-0.4, -0.2) is 4.57 Å². The van der Waals surface area contributed by atoms with Gasteiger partial charge < -0.3 is 17.8 Å². The SMILES string of the molecule is c1ccc2c(c1)oc1ccc(-n3c4ccc(-c5cccc6c5oc5ccccc56)cc4c4cc(-c5cccc6c5oc5ccccc56)ccc43)cc12. The Bertz CT molecular complexity index is 3250. The molecule has 0 unspecified atom stereocenters. The summed E-state index contributed by atoms with van der Waals surface area (Å²) in [5.74, 6) is 0. The molecule has 0 saturated carbocycles. The zero-order valence-corrected chi connectivity index (χ0v) is 27.8. The van der Waals surface area contributed by atoms with Crippen LogP contribution in [0.5, 0.6) is 0 Å². The molecule has 0 bridgehead atoms. The number of hydrogen-bond acceptors (Lipinski definition) is 3. The van der Waals surface area contributed by atoms with E-state index in [9.17, 15) is 0 Å². The predicted octanol–water partition coefficient (Wildman–Crippen LogP) is 13.8. The molecule has 4 nitrogen and oxygen atoms in total. The van der Waals surface area contributed by atoms with E-state index in [2.05, 4.69) is 132 Å². The largest absolute Gasteiger partial charge is 0.456 e. The minimum Gasteiger partial charge on any atom is -0.456 e. The second-order valence-corrected chi connectivity index (χ2v) is 13.6. The second-order valence-electron chi connectivity index (χ2n) is 13.6. The highest BCUT2D eigenvalue weighted by Crippen LogP contribution is 2.42. The summed E-state index contributed by atoms with van der Waals surface area (Å²) in [6.07, 6.45) is 0. The normalized spacial score (nSPS) is 12.2. The number of fused-ring (bicyclic) bond motifs is 12. The molecule has 52 heavy (non-hydrogen) atoms. The molecule has 0 atom stereocenters. The van der Waals surface area contributed by atoms with E-state index in [1.54, 1.807) is 0 Å². The molecule has 0 fully saturated rings. The number of benzene rings is 8. The molecular weight excluding hydrogens is 639 g/mol. The van der Waals surface area contributed by atoms with Gasteiger partial charge in [0.15, 0.2) is 0 Å². The molecule has 8 aromatic carbocycles. The molecule has 0 aliphatic rings. The Balaban J connectivity index is 1.14. The van der Waals surface area contributed by atoms with Gasteiger partial charge in [0, 0.05) is 59.9 Å². The summed E-state index contributed by atoms with van der Waals surface area (Å²) < 4.78 is 21.6. The van der Waals surface area contributed by atoms with Crippen molar-refractivity contribution in [2.45, 2.75) is 0 Å². The molecule has 4 aromatic heterocycles. The van der Waals surface area contributed by atoms with Crippen molar-refractivity contribution < 1.29 is 13.3 Å². The predicted molar refractivity (Wildman–Crippen MR) is 213 cm³/mol. The number of hydrogen-bond donors (Lipinski definition) is 0. The van der Waals surface area contributed by atoms with Crippen LogP contribution in [0.2, 0.25) is 0 Å². The zero-order valence-electron chi connectivity index (χ0n) is 27.8. The van der Waals surface area contributed by atoms with Crippen molar-refractivity contribution in [3.8, 4) is 27.9 Å². The van der Waals surface area contributed by atoms with E-state index in [1.165, 1.54) is 0 Å². The number of furan rings is 3. The summed E-state index contributed by atoms with van der Waals surface area (Å²) in [7, 11) is 0. The van der Waals surface area contributed by atoms with E-state index in [1.807, 2.05) is 36.4 Å². The molecule has 0 spiro atoms. The minimum atomic E-state index is 0.883. The Labute approximate surface area is 296 Å². The topological polar surface area (TPSA) is 44.4 Å². The molecule has 0 amide bonds. The van der Waals surface area contributed by atoms with Crippen molar-refractivity contribution in [3.63, 3.8) is 0 Å². The van der Waals surface area contributed by atoms with Gasteiger partial charge >= 0.3 is 0 Å². The maximum absolute atomic E-state index is 6.50. The molecule has 12 aromatic rings. The van der Waals surface area contributed by atoms with Gasteiger partial charge in [0.1, 0.15) is 33.5 Å². The third-order valence-corrected chi connectivity index (χ3v) is 10.8. The average Bonchev–Trinajstić information content (AvgIpc) is 3.96. The molecule has 242 valence electrons. The molecule has 0 N–H and O–H groups in total. The number of rotatable bonds is 3. The lowest BCUT2D eigenvalue weighted by atomic mass is 9.98. The fourth-order valence-electron chi connectivity index (χ4n) is 8.44. The fourth-order valence-corrected chi connectivity index (χ4v) is 8.44. The van der Waals surface area contributed by atoms with E-state index < -0.39 is 0 Å². The molecular formula is C48H27NO3. The highest BCUT2D eigenvalue weighted by molar-refractivity contribution is 6.16. The first-order chi connectivity index (χ1) is 25.8. The quantitative estimate of drug-likeness (QED) is 0.189. The lowest BCUT2D eigenvalue weighted by Crippen LogP contribution is -1.93. The first-order valence-corrected chi connectivity index (χ1v) is 17.6. The van der Waals surface area contributed by atoms with Crippen LogP contribution in [-0.2, 0) is 0 Å². The maximum atomic E-state index is 6.50. The van der Waals surface area contributed by atoms with Gasteiger partial charge in [-0.05, 0) is 71.8 Å². The van der Waals surface area contributed by atoms with Gasteiger partial charge in [-0.15, -0.1) is 0 Å². The number of para-hydroxylation sites is 5. The minimum absolute atomic E-state index is 0.883.